The number of rotatable bonds is 2. The number of aliphatic imine (C=N–C) groups is 1. The lowest BCUT2D eigenvalue weighted by Crippen LogP contribution is -2.11. The van der Waals surface area contributed by atoms with Gasteiger partial charge in [0.2, 0.25) is 5.78 Å². The zero-order valence-corrected chi connectivity index (χ0v) is 11.6. The molecule has 23 heavy (non-hydrogen) atoms. The average Bonchev–Trinajstić information content (AvgIpc) is 3.03. The third-order valence-corrected chi connectivity index (χ3v) is 3.81. The number of nitrogens with zero attached hydrogens (tertiary/aromatic N) is 2. The first-order chi connectivity index (χ1) is 11.1. The summed E-state index contributed by atoms with van der Waals surface area (Å²) < 4.78 is 0. The predicted molar refractivity (Wildman–Crippen MR) is 83.6 cm³/mol. The Bertz CT molecular complexity index is 1030. The Labute approximate surface area is 129 Å². The number of ketones is 1. The van der Waals surface area contributed by atoms with Gasteiger partial charge in [0.05, 0.1) is 21.7 Å². The van der Waals surface area contributed by atoms with Crippen LogP contribution in [0.25, 0.3) is 10.9 Å². The van der Waals surface area contributed by atoms with Crippen LogP contribution >= 0.6 is 0 Å². The van der Waals surface area contributed by atoms with Gasteiger partial charge in [0.15, 0.2) is 5.88 Å². The molecular weight excluding hydrogens is 298 g/mol. The number of fused-ring (bicyclic) bond motifs is 2. The highest BCUT2D eigenvalue weighted by Gasteiger charge is 2.31. The van der Waals surface area contributed by atoms with E-state index >= 15 is 0 Å². The molecule has 0 saturated heterocycles. The van der Waals surface area contributed by atoms with Crippen molar-refractivity contribution in [3.05, 3.63) is 63.7 Å². The van der Waals surface area contributed by atoms with Crippen molar-refractivity contribution < 1.29 is 14.8 Å². The van der Waals surface area contributed by atoms with Gasteiger partial charge in [0.25, 0.3) is 5.69 Å². The molecule has 2 heterocycles. The SMILES string of the molecule is O=C1C(c2c(O)[nH]c3ccccc23)=Nc2ccc([N+](=O)[O-])cc21. The van der Waals surface area contributed by atoms with Gasteiger partial charge in [0.1, 0.15) is 5.71 Å². The number of nitro benzene ring substituents is 1. The molecule has 0 radical (unpaired) electrons. The fraction of sp³-hybridized carbons (Fsp3) is 0. The van der Waals surface area contributed by atoms with Crippen molar-refractivity contribution in [2.24, 2.45) is 4.99 Å². The number of nitrogens with one attached hydrogen (secondary N) is 1. The Morgan fingerprint density at radius 2 is 1.96 bits per heavy atom. The number of aromatic nitrogens is 1. The van der Waals surface area contributed by atoms with Crippen molar-refractivity contribution in [3.63, 3.8) is 0 Å². The molecule has 0 aliphatic carbocycles. The molecule has 4 rings (SSSR count). The Hall–Kier alpha value is -3.48. The highest BCUT2D eigenvalue weighted by atomic mass is 16.6. The van der Waals surface area contributed by atoms with Gasteiger partial charge in [-0.1, -0.05) is 18.2 Å². The molecule has 0 saturated carbocycles. The molecule has 0 unspecified atom stereocenters. The van der Waals surface area contributed by atoms with E-state index in [-0.39, 0.29) is 22.8 Å². The topological polar surface area (TPSA) is 109 Å². The third kappa shape index (κ3) is 1.83. The Balaban J connectivity index is 1.90. The number of aromatic hydroxyl groups is 1. The van der Waals surface area contributed by atoms with E-state index in [0.29, 0.717) is 22.2 Å². The maximum atomic E-state index is 12.6. The van der Waals surface area contributed by atoms with Crippen LogP contribution in [0.3, 0.4) is 0 Å². The molecule has 1 aromatic heterocycles. The van der Waals surface area contributed by atoms with Crippen molar-refractivity contribution in [2.45, 2.75) is 0 Å². The summed E-state index contributed by atoms with van der Waals surface area (Å²) in [6, 6.07) is 11.1. The Morgan fingerprint density at radius 1 is 1.17 bits per heavy atom. The van der Waals surface area contributed by atoms with Gasteiger partial charge < -0.3 is 10.1 Å². The molecule has 3 aromatic rings. The second-order valence-electron chi connectivity index (χ2n) is 5.14. The fourth-order valence-electron chi connectivity index (χ4n) is 2.75. The van der Waals surface area contributed by atoms with Gasteiger partial charge in [-0.15, -0.1) is 0 Å². The minimum Gasteiger partial charge on any atom is -0.494 e. The van der Waals surface area contributed by atoms with E-state index < -0.39 is 10.7 Å². The Morgan fingerprint density at radius 3 is 2.74 bits per heavy atom. The quantitative estimate of drug-likeness (QED) is 0.560. The number of benzene rings is 2. The first-order valence-electron chi connectivity index (χ1n) is 6.78. The van der Waals surface area contributed by atoms with Crippen LogP contribution in [-0.2, 0) is 0 Å². The first-order valence-corrected chi connectivity index (χ1v) is 6.78. The number of aromatic amines is 1. The lowest BCUT2D eigenvalue weighted by molar-refractivity contribution is -0.384. The van der Waals surface area contributed by atoms with E-state index in [9.17, 15) is 20.0 Å². The van der Waals surface area contributed by atoms with Crippen LogP contribution in [0.1, 0.15) is 15.9 Å². The number of para-hydroxylation sites is 1. The van der Waals surface area contributed by atoms with Crippen molar-refractivity contribution in [1.82, 2.24) is 4.98 Å². The molecule has 1 aliphatic rings. The number of nitro groups is 1. The highest BCUT2D eigenvalue weighted by Crippen LogP contribution is 2.36. The van der Waals surface area contributed by atoms with Gasteiger partial charge in [-0.25, -0.2) is 4.99 Å². The smallest absolute Gasteiger partial charge is 0.270 e. The second-order valence-corrected chi connectivity index (χ2v) is 5.14. The molecule has 0 amide bonds. The molecule has 7 nitrogen and oxygen atoms in total. The largest absolute Gasteiger partial charge is 0.494 e. The zero-order valence-electron chi connectivity index (χ0n) is 11.6. The standard InChI is InChI=1S/C16H9N3O4/c20-15-10-7-8(19(22)23)5-6-12(10)17-14(15)13-9-3-1-2-4-11(9)18-16(13)21/h1-7,18,21H. The van der Waals surface area contributed by atoms with Gasteiger partial charge in [-0.05, 0) is 12.1 Å². The predicted octanol–water partition coefficient (Wildman–Crippen LogP) is 3.10. The number of H-pyrrole nitrogens is 1. The van der Waals surface area contributed by atoms with Crippen LogP contribution in [-0.4, -0.2) is 26.5 Å². The van der Waals surface area contributed by atoms with Crippen LogP contribution in [0, 0.1) is 10.1 Å². The van der Waals surface area contributed by atoms with Crippen molar-refractivity contribution >= 4 is 33.8 Å². The summed E-state index contributed by atoms with van der Waals surface area (Å²) in [6.45, 7) is 0. The molecule has 112 valence electrons. The minimum absolute atomic E-state index is 0.0791. The lowest BCUT2D eigenvalue weighted by atomic mass is 10.0. The molecule has 2 aromatic carbocycles. The lowest BCUT2D eigenvalue weighted by Gasteiger charge is -1.98. The summed E-state index contributed by atoms with van der Waals surface area (Å²) in [5.74, 6) is -0.593. The van der Waals surface area contributed by atoms with Crippen LogP contribution in [0.15, 0.2) is 47.5 Å². The molecule has 0 bridgehead atoms. The summed E-state index contributed by atoms with van der Waals surface area (Å²) in [4.78, 5) is 29.9. The van der Waals surface area contributed by atoms with Crippen LogP contribution < -0.4 is 0 Å². The Kier molecular flexibility index (Phi) is 2.59. The van der Waals surface area contributed by atoms with Crippen LogP contribution in [0.4, 0.5) is 11.4 Å². The van der Waals surface area contributed by atoms with E-state index in [1.807, 2.05) is 0 Å². The van der Waals surface area contributed by atoms with Gasteiger partial charge in [-0.2, -0.15) is 0 Å². The van der Waals surface area contributed by atoms with Crippen molar-refractivity contribution in [2.75, 3.05) is 0 Å². The molecule has 2 N–H and O–H groups in total. The number of hydrogen-bond acceptors (Lipinski definition) is 5. The monoisotopic (exact) mass is 307 g/mol. The van der Waals surface area contributed by atoms with E-state index in [1.165, 1.54) is 18.2 Å². The summed E-state index contributed by atoms with van der Waals surface area (Å²) >= 11 is 0. The molecule has 0 spiro atoms. The van der Waals surface area contributed by atoms with E-state index in [2.05, 4.69) is 9.98 Å². The summed E-state index contributed by atoms with van der Waals surface area (Å²) in [7, 11) is 0. The molecule has 1 aliphatic heterocycles. The third-order valence-electron chi connectivity index (χ3n) is 3.81. The van der Waals surface area contributed by atoms with Gasteiger partial charge in [0, 0.05) is 23.0 Å². The second kappa shape index (κ2) is 4.51. The van der Waals surface area contributed by atoms with Crippen molar-refractivity contribution in [3.8, 4) is 5.88 Å². The number of carbonyl (C=O) groups excluding carboxylic acids is 1. The van der Waals surface area contributed by atoms with E-state index in [1.54, 1.807) is 24.3 Å². The van der Waals surface area contributed by atoms with Gasteiger partial charge in [-0.3, -0.25) is 14.9 Å². The van der Waals surface area contributed by atoms with E-state index in [4.69, 9.17) is 0 Å². The zero-order chi connectivity index (χ0) is 16.1. The first kappa shape index (κ1) is 13.2. The highest BCUT2D eigenvalue weighted by molar-refractivity contribution is 6.56. The van der Waals surface area contributed by atoms with Crippen LogP contribution in [0.2, 0.25) is 0 Å². The van der Waals surface area contributed by atoms with Gasteiger partial charge >= 0.3 is 0 Å². The maximum Gasteiger partial charge on any atom is 0.270 e. The molecule has 7 heteroatoms. The summed E-state index contributed by atoms with van der Waals surface area (Å²) in [6.07, 6.45) is 0. The molecule has 0 fully saturated rings. The normalized spacial score (nSPS) is 13.2. The summed E-state index contributed by atoms with van der Waals surface area (Å²) in [5, 5.41) is 21.7. The molecular formula is C16H9N3O4. The fourth-order valence-corrected chi connectivity index (χ4v) is 2.75. The minimum atomic E-state index is -0.561. The van der Waals surface area contributed by atoms with Crippen molar-refractivity contribution in [1.29, 1.82) is 0 Å². The number of Topliss-reactive ketones (excluding diaryl/α,β-unsaturated/α-hetero) is 1. The average molecular weight is 307 g/mol. The van der Waals surface area contributed by atoms with Crippen LogP contribution in [0.5, 0.6) is 5.88 Å². The maximum absolute atomic E-state index is 12.6. The summed E-state index contributed by atoms with van der Waals surface area (Å²) in [5.41, 5.74) is 1.42. The molecule has 0 atom stereocenters. The number of non-ortho nitro benzene ring substituents is 1. The number of carbonyl (C=O) groups is 1. The van der Waals surface area contributed by atoms with E-state index in [0.717, 1.165) is 0 Å². The number of hydrogen-bond donors (Lipinski definition) is 2.